The standard InChI is InChI=1S/C9H8N2O2/c1-3-6(2)4-5-7-8(12)11-9(13)10-7/h3,7H,1-2H2,(H2,10,11,12,13). The minimum atomic E-state index is -0.774. The van der Waals surface area contributed by atoms with Crippen LogP contribution in [0, 0.1) is 11.8 Å². The Labute approximate surface area is 75.7 Å². The first kappa shape index (κ1) is 9.07. The molecule has 0 aliphatic carbocycles. The highest BCUT2D eigenvalue weighted by atomic mass is 16.2. The highest BCUT2D eigenvalue weighted by molar-refractivity contribution is 6.05. The van der Waals surface area contributed by atoms with E-state index in [0.717, 1.165) is 0 Å². The Kier molecular flexibility index (Phi) is 2.50. The summed E-state index contributed by atoms with van der Waals surface area (Å²) in [6.07, 6.45) is 1.47. The summed E-state index contributed by atoms with van der Waals surface area (Å²) >= 11 is 0. The first-order chi connectivity index (χ1) is 6.13. The van der Waals surface area contributed by atoms with Crippen molar-refractivity contribution in [1.82, 2.24) is 10.6 Å². The molecule has 1 atom stereocenters. The Morgan fingerprint density at radius 3 is 2.69 bits per heavy atom. The molecule has 4 heteroatoms. The summed E-state index contributed by atoms with van der Waals surface area (Å²) in [7, 11) is 0. The molecule has 0 aromatic carbocycles. The molecule has 2 N–H and O–H groups in total. The van der Waals surface area contributed by atoms with Crippen LogP contribution in [0.4, 0.5) is 4.79 Å². The van der Waals surface area contributed by atoms with Gasteiger partial charge in [-0.2, -0.15) is 0 Å². The zero-order chi connectivity index (χ0) is 9.84. The second-order valence-electron chi connectivity index (χ2n) is 2.39. The van der Waals surface area contributed by atoms with Crippen LogP contribution in [-0.4, -0.2) is 18.0 Å². The van der Waals surface area contributed by atoms with Crippen molar-refractivity contribution >= 4 is 11.9 Å². The number of hydrogen-bond acceptors (Lipinski definition) is 2. The van der Waals surface area contributed by atoms with Crippen LogP contribution < -0.4 is 10.6 Å². The molecule has 1 aliphatic rings. The third kappa shape index (κ3) is 2.20. The van der Waals surface area contributed by atoms with Gasteiger partial charge in [0, 0.05) is 5.57 Å². The van der Waals surface area contributed by atoms with Gasteiger partial charge in [-0.05, 0) is 0 Å². The maximum Gasteiger partial charge on any atom is 0.322 e. The molecular formula is C9H8N2O2. The molecular weight excluding hydrogens is 168 g/mol. The second kappa shape index (κ2) is 3.59. The maximum atomic E-state index is 10.9. The summed E-state index contributed by atoms with van der Waals surface area (Å²) in [6.45, 7) is 6.99. The monoisotopic (exact) mass is 176 g/mol. The van der Waals surface area contributed by atoms with Gasteiger partial charge < -0.3 is 5.32 Å². The highest BCUT2D eigenvalue weighted by Gasteiger charge is 2.27. The average Bonchev–Trinajstić information content (AvgIpc) is 2.41. The Bertz CT molecular complexity index is 346. The molecule has 0 radical (unpaired) electrons. The quantitative estimate of drug-likeness (QED) is 0.334. The summed E-state index contributed by atoms with van der Waals surface area (Å²) in [5.41, 5.74) is 0.508. The molecule has 1 rings (SSSR count). The lowest BCUT2D eigenvalue weighted by molar-refractivity contribution is -0.119. The van der Waals surface area contributed by atoms with Crippen molar-refractivity contribution in [3.05, 3.63) is 24.8 Å². The molecule has 4 nitrogen and oxygen atoms in total. The summed E-state index contributed by atoms with van der Waals surface area (Å²) in [5.74, 6) is 4.70. The fraction of sp³-hybridized carbons (Fsp3) is 0.111. The van der Waals surface area contributed by atoms with Crippen molar-refractivity contribution in [2.75, 3.05) is 0 Å². The van der Waals surface area contributed by atoms with Crippen LogP contribution in [0.2, 0.25) is 0 Å². The van der Waals surface area contributed by atoms with Crippen molar-refractivity contribution in [3.63, 3.8) is 0 Å². The molecule has 66 valence electrons. The number of urea groups is 1. The molecule has 3 amide bonds. The molecule has 1 aliphatic heterocycles. The smallest absolute Gasteiger partial charge is 0.316 e. The topological polar surface area (TPSA) is 58.2 Å². The number of rotatable bonds is 1. The van der Waals surface area contributed by atoms with E-state index in [2.05, 4.69) is 35.6 Å². The number of carbonyl (C=O) groups is 2. The average molecular weight is 176 g/mol. The predicted molar refractivity (Wildman–Crippen MR) is 47.6 cm³/mol. The molecule has 1 saturated heterocycles. The van der Waals surface area contributed by atoms with Gasteiger partial charge in [0.2, 0.25) is 0 Å². The van der Waals surface area contributed by atoms with E-state index in [0.29, 0.717) is 5.57 Å². The second-order valence-corrected chi connectivity index (χ2v) is 2.39. The molecule has 0 bridgehead atoms. The number of imide groups is 1. The minimum Gasteiger partial charge on any atom is -0.316 e. The van der Waals surface area contributed by atoms with Gasteiger partial charge in [-0.3, -0.25) is 10.1 Å². The van der Waals surface area contributed by atoms with Crippen LogP contribution in [0.5, 0.6) is 0 Å². The van der Waals surface area contributed by atoms with Gasteiger partial charge in [0.05, 0.1) is 0 Å². The summed E-state index contributed by atoms with van der Waals surface area (Å²) in [5, 5.41) is 4.40. The van der Waals surface area contributed by atoms with E-state index in [1.807, 2.05) is 0 Å². The number of amides is 3. The van der Waals surface area contributed by atoms with E-state index in [-0.39, 0.29) is 0 Å². The maximum absolute atomic E-state index is 10.9. The van der Waals surface area contributed by atoms with Gasteiger partial charge in [0.25, 0.3) is 5.91 Å². The van der Waals surface area contributed by atoms with E-state index < -0.39 is 18.0 Å². The van der Waals surface area contributed by atoms with E-state index in [4.69, 9.17) is 0 Å². The van der Waals surface area contributed by atoms with Crippen LogP contribution in [0.15, 0.2) is 24.8 Å². The first-order valence-corrected chi connectivity index (χ1v) is 3.57. The van der Waals surface area contributed by atoms with Gasteiger partial charge in [-0.15, -0.1) is 0 Å². The number of allylic oxidation sites excluding steroid dienone is 2. The molecule has 0 aromatic rings. The SMILES string of the molecule is C=CC(=C)C#CC1NC(=O)NC1=O. The van der Waals surface area contributed by atoms with Crippen LogP contribution in [0.1, 0.15) is 0 Å². The Balaban J connectivity index is 2.68. The lowest BCUT2D eigenvalue weighted by Crippen LogP contribution is -2.26. The van der Waals surface area contributed by atoms with Crippen molar-refractivity contribution in [2.24, 2.45) is 0 Å². The predicted octanol–water partition coefficient (Wildman–Crippen LogP) is -0.0600. The van der Waals surface area contributed by atoms with Crippen LogP contribution in [0.3, 0.4) is 0 Å². The largest absolute Gasteiger partial charge is 0.322 e. The van der Waals surface area contributed by atoms with Crippen molar-refractivity contribution in [2.45, 2.75) is 6.04 Å². The van der Waals surface area contributed by atoms with E-state index >= 15 is 0 Å². The van der Waals surface area contributed by atoms with Gasteiger partial charge in [0.15, 0.2) is 6.04 Å². The van der Waals surface area contributed by atoms with Gasteiger partial charge in [-0.25, -0.2) is 4.79 Å². The van der Waals surface area contributed by atoms with E-state index in [1.54, 1.807) is 0 Å². The summed E-state index contributed by atoms with van der Waals surface area (Å²) in [6, 6.07) is -1.29. The zero-order valence-corrected chi connectivity index (χ0v) is 6.89. The van der Waals surface area contributed by atoms with E-state index in [9.17, 15) is 9.59 Å². The van der Waals surface area contributed by atoms with Crippen LogP contribution >= 0.6 is 0 Å². The Hall–Kier alpha value is -2.02. The van der Waals surface area contributed by atoms with Crippen LogP contribution in [-0.2, 0) is 4.79 Å². The fourth-order valence-electron chi connectivity index (χ4n) is 0.734. The molecule has 1 heterocycles. The normalized spacial score (nSPS) is 19.5. The third-order valence-corrected chi connectivity index (χ3v) is 1.40. The fourth-order valence-corrected chi connectivity index (χ4v) is 0.734. The number of hydrogen-bond donors (Lipinski definition) is 2. The molecule has 1 unspecified atom stereocenters. The molecule has 13 heavy (non-hydrogen) atoms. The Morgan fingerprint density at radius 2 is 2.23 bits per heavy atom. The van der Waals surface area contributed by atoms with Crippen molar-refractivity contribution < 1.29 is 9.59 Å². The first-order valence-electron chi connectivity index (χ1n) is 3.57. The number of nitrogens with one attached hydrogen (secondary N) is 2. The molecule has 0 saturated carbocycles. The van der Waals surface area contributed by atoms with E-state index in [1.165, 1.54) is 6.08 Å². The number of carbonyl (C=O) groups excluding carboxylic acids is 2. The minimum absolute atomic E-state index is 0.436. The van der Waals surface area contributed by atoms with Gasteiger partial charge in [0.1, 0.15) is 0 Å². The third-order valence-electron chi connectivity index (χ3n) is 1.40. The van der Waals surface area contributed by atoms with Crippen LogP contribution in [0.25, 0.3) is 0 Å². The van der Waals surface area contributed by atoms with Crippen molar-refractivity contribution in [3.8, 4) is 11.8 Å². The molecule has 0 aromatic heterocycles. The molecule has 1 fully saturated rings. The van der Waals surface area contributed by atoms with Gasteiger partial charge in [-0.1, -0.05) is 31.1 Å². The molecule has 0 spiro atoms. The van der Waals surface area contributed by atoms with Crippen molar-refractivity contribution in [1.29, 1.82) is 0 Å². The summed E-state index contributed by atoms with van der Waals surface area (Å²) in [4.78, 5) is 21.6. The van der Waals surface area contributed by atoms with Gasteiger partial charge >= 0.3 is 6.03 Å². The zero-order valence-electron chi connectivity index (χ0n) is 6.89. The Morgan fingerprint density at radius 1 is 1.54 bits per heavy atom. The summed E-state index contributed by atoms with van der Waals surface area (Å²) < 4.78 is 0. The lowest BCUT2D eigenvalue weighted by atomic mass is 10.2. The lowest BCUT2D eigenvalue weighted by Gasteiger charge is -1.93. The highest BCUT2D eigenvalue weighted by Crippen LogP contribution is 1.92.